The van der Waals surface area contributed by atoms with Crippen molar-refractivity contribution in [3.8, 4) is 5.75 Å². The quantitative estimate of drug-likeness (QED) is 0.725. The summed E-state index contributed by atoms with van der Waals surface area (Å²) in [5, 5.41) is 6.12. The van der Waals surface area contributed by atoms with Crippen LogP contribution in [0.1, 0.15) is 19.3 Å². The first kappa shape index (κ1) is 15.3. The highest BCUT2D eigenvalue weighted by Gasteiger charge is 2.21. The van der Waals surface area contributed by atoms with Crippen molar-refractivity contribution in [3.63, 3.8) is 0 Å². The number of benzene rings is 1. The fourth-order valence-corrected chi connectivity index (χ4v) is 2.27. The van der Waals surface area contributed by atoms with Gasteiger partial charge in [-0.15, -0.1) is 0 Å². The Hall–Kier alpha value is -2.08. The molecule has 6 heteroatoms. The van der Waals surface area contributed by atoms with Gasteiger partial charge < -0.3 is 21.1 Å². The summed E-state index contributed by atoms with van der Waals surface area (Å²) in [6, 6.07) is 7.19. The first-order chi connectivity index (χ1) is 10.2. The lowest BCUT2D eigenvalue weighted by atomic mass is 9.99. The molecule has 0 radical (unpaired) electrons. The van der Waals surface area contributed by atoms with E-state index in [1.165, 1.54) is 0 Å². The number of carbonyl (C=O) groups is 2. The molecule has 0 unspecified atom stereocenters. The smallest absolute Gasteiger partial charge is 0.228 e. The van der Waals surface area contributed by atoms with Crippen LogP contribution in [0.5, 0.6) is 5.75 Å². The largest absolute Gasteiger partial charge is 0.491 e. The fourth-order valence-electron chi connectivity index (χ4n) is 2.27. The highest BCUT2D eigenvalue weighted by atomic mass is 16.5. The van der Waals surface area contributed by atoms with Crippen LogP contribution in [0.4, 0.5) is 5.69 Å². The van der Waals surface area contributed by atoms with Crippen molar-refractivity contribution in [1.82, 2.24) is 5.32 Å². The third-order valence-corrected chi connectivity index (χ3v) is 3.42. The molecule has 0 aromatic heterocycles. The number of anilines is 1. The maximum Gasteiger partial charge on any atom is 0.228 e. The van der Waals surface area contributed by atoms with Crippen LogP contribution in [0, 0.1) is 5.92 Å². The van der Waals surface area contributed by atoms with E-state index >= 15 is 0 Å². The van der Waals surface area contributed by atoms with E-state index in [-0.39, 0.29) is 24.9 Å². The Morgan fingerprint density at radius 1 is 1.38 bits per heavy atom. The first-order valence-corrected chi connectivity index (χ1v) is 7.18. The normalized spacial score (nSPS) is 18.0. The number of ether oxygens (including phenoxy) is 1. The van der Waals surface area contributed by atoms with Crippen molar-refractivity contribution in [3.05, 3.63) is 24.3 Å². The van der Waals surface area contributed by atoms with E-state index < -0.39 is 5.91 Å². The standard InChI is InChI=1S/C15H21N3O3/c16-14(19)7-9-21-13-6-2-1-5-12(13)18-15(20)11-4-3-8-17-10-11/h1-2,5-6,11,17H,3-4,7-10H2,(H2,16,19)(H,18,20)/t11-/m0/s1. The molecular weight excluding hydrogens is 270 g/mol. The first-order valence-electron chi connectivity index (χ1n) is 7.18. The van der Waals surface area contributed by atoms with E-state index in [2.05, 4.69) is 10.6 Å². The van der Waals surface area contributed by atoms with Crippen LogP contribution in [-0.2, 0) is 9.59 Å². The molecule has 1 atom stereocenters. The Morgan fingerprint density at radius 2 is 2.19 bits per heavy atom. The molecule has 1 aromatic carbocycles. The van der Waals surface area contributed by atoms with Crippen LogP contribution in [0.2, 0.25) is 0 Å². The number of para-hydroxylation sites is 2. The van der Waals surface area contributed by atoms with Crippen molar-refractivity contribution in [2.75, 3.05) is 25.0 Å². The zero-order valence-corrected chi connectivity index (χ0v) is 11.9. The molecule has 0 saturated carbocycles. The maximum atomic E-state index is 12.2. The average Bonchev–Trinajstić information content (AvgIpc) is 2.49. The molecule has 0 bridgehead atoms. The third kappa shape index (κ3) is 4.75. The molecule has 114 valence electrons. The molecule has 1 heterocycles. The molecule has 6 nitrogen and oxygen atoms in total. The number of carbonyl (C=O) groups excluding carboxylic acids is 2. The number of primary amides is 1. The summed E-state index contributed by atoms with van der Waals surface area (Å²) in [6.45, 7) is 1.88. The van der Waals surface area contributed by atoms with E-state index in [0.717, 1.165) is 19.4 Å². The van der Waals surface area contributed by atoms with Gasteiger partial charge in [-0.3, -0.25) is 9.59 Å². The minimum Gasteiger partial charge on any atom is -0.491 e. The van der Waals surface area contributed by atoms with Gasteiger partial charge in [-0.25, -0.2) is 0 Å². The van der Waals surface area contributed by atoms with E-state index in [0.29, 0.717) is 18.0 Å². The van der Waals surface area contributed by atoms with Gasteiger partial charge in [0.05, 0.1) is 24.6 Å². The van der Waals surface area contributed by atoms with Crippen molar-refractivity contribution < 1.29 is 14.3 Å². The second-order valence-electron chi connectivity index (χ2n) is 5.09. The van der Waals surface area contributed by atoms with Gasteiger partial charge in [0, 0.05) is 6.54 Å². The van der Waals surface area contributed by atoms with Gasteiger partial charge in [0.15, 0.2) is 0 Å². The van der Waals surface area contributed by atoms with Gasteiger partial charge in [-0.05, 0) is 31.5 Å². The number of amides is 2. The number of piperidine rings is 1. The zero-order valence-electron chi connectivity index (χ0n) is 11.9. The second-order valence-corrected chi connectivity index (χ2v) is 5.09. The van der Waals surface area contributed by atoms with Gasteiger partial charge in [-0.2, -0.15) is 0 Å². The third-order valence-electron chi connectivity index (χ3n) is 3.42. The van der Waals surface area contributed by atoms with Crippen LogP contribution in [0.3, 0.4) is 0 Å². The molecule has 1 aliphatic rings. The van der Waals surface area contributed by atoms with E-state index in [1.54, 1.807) is 12.1 Å². The van der Waals surface area contributed by atoms with Gasteiger partial charge in [-0.1, -0.05) is 12.1 Å². The monoisotopic (exact) mass is 291 g/mol. The number of hydrogen-bond acceptors (Lipinski definition) is 4. The van der Waals surface area contributed by atoms with Gasteiger partial charge in [0.2, 0.25) is 11.8 Å². The molecule has 1 fully saturated rings. The van der Waals surface area contributed by atoms with E-state index in [4.69, 9.17) is 10.5 Å². The summed E-state index contributed by atoms with van der Waals surface area (Å²) in [4.78, 5) is 22.9. The predicted octanol–water partition coefficient (Wildman–Crippen LogP) is 0.879. The highest BCUT2D eigenvalue weighted by Crippen LogP contribution is 2.25. The molecule has 2 rings (SSSR count). The maximum absolute atomic E-state index is 12.2. The second kappa shape index (κ2) is 7.64. The van der Waals surface area contributed by atoms with Crippen LogP contribution < -0.4 is 21.1 Å². The lowest BCUT2D eigenvalue weighted by Gasteiger charge is -2.22. The molecule has 0 spiro atoms. The number of nitrogens with one attached hydrogen (secondary N) is 2. The molecule has 0 aliphatic carbocycles. The minimum absolute atomic E-state index is 0.00634. The Kier molecular flexibility index (Phi) is 5.57. The molecule has 1 saturated heterocycles. The van der Waals surface area contributed by atoms with Crippen LogP contribution in [-0.4, -0.2) is 31.5 Å². The summed E-state index contributed by atoms with van der Waals surface area (Å²) in [7, 11) is 0. The summed E-state index contributed by atoms with van der Waals surface area (Å²) in [6.07, 6.45) is 2.05. The molecular formula is C15H21N3O3. The Bertz CT molecular complexity index is 499. The van der Waals surface area contributed by atoms with Crippen LogP contribution in [0.15, 0.2) is 24.3 Å². The zero-order chi connectivity index (χ0) is 15.1. The molecule has 4 N–H and O–H groups in total. The number of nitrogens with two attached hydrogens (primary N) is 1. The molecule has 1 aliphatic heterocycles. The average molecular weight is 291 g/mol. The molecule has 2 amide bonds. The highest BCUT2D eigenvalue weighted by molar-refractivity contribution is 5.94. The topological polar surface area (TPSA) is 93.5 Å². The summed E-state index contributed by atoms with van der Waals surface area (Å²) < 4.78 is 5.51. The SMILES string of the molecule is NC(=O)CCOc1ccccc1NC(=O)[C@H]1CCCNC1. The van der Waals surface area contributed by atoms with E-state index in [1.807, 2.05) is 12.1 Å². The fraction of sp³-hybridized carbons (Fsp3) is 0.467. The summed E-state index contributed by atoms with van der Waals surface area (Å²) in [5.41, 5.74) is 5.70. The Labute approximate surface area is 124 Å². The summed E-state index contributed by atoms with van der Waals surface area (Å²) in [5.74, 6) is 0.117. The van der Waals surface area contributed by atoms with Gasteiger partial charge in [0.25, 0.3) is 0 Å². The van der Waals surface area contributed by atoms with Gasteiger partial charge >= 0.3 is 0 Å². The summed E-state index contributed by atoms with van der Waals surface area (Å²) >= 11 is 0. The van der Waals surface area contributed by atoms with Crippen LogP contribution in [0.25, 0.3) is 0 Å². The number of rotatable bonds is 6. The molecule has 21 heavy (non-hydrogen) atoms. The van der Waals surface area contributed by atoms with Crippen molar-refractivity contribution >= 4 is 17.5 Å². The Morgan fingerprint density at radius 3 is 2.90 bits per heavy atom. The minimum atomic E-state index is -0.412. The predicted molar refractivity (Wildman–Crippen MR) is 80.0 cm³/mol. The van der Waals surface area contributed by atoms with Gasteiger partial charge in [0.1, 0.15) is 5.75 Å². The van der Waals surface area contributed by atoms with Crippen molar-refractivity contribution in [2.24, 2.45) is 11.7 Å². The van der Waals surface area contributed by atoms with E-state index in [9.17, 15) is 9.59 Å². The number of hydrogen-bond donors (Lipinski definition) is 3. The van der Waals surface area contributed by atoms with Crippen molar-refractivity contribution in [2.45, 2.75) is 19.3 Å². The lowest BCUT2D eigenvalue weighted by molar-refractivity contribution is -0.120. The van der Waals surface area contributed by atoms with Crippen LogP contribution >= 0.6 is 0 Å². The lowest BCUT2D eigenvalue weighted by Crippen LogP contribution is -2.37. The Balaban J connectivity index is 1.95. The molecule has 1 aromatic rings. The van der Waals surface area contributed by atoms with Crippen molar-refractivity contribution in [1.29, 1.82) is 0 Å².